The van der Waals surface area contributed by atoms with Gasteiger partial charge in [-0.15, -0.1) is 0 Å². The van der Waals surface area contributed by atoms with E-state index in [0.29, 0.717) is 12.5 Å². The molecule has 0 aliphatic carbocycles. The number of benzene rings is 1. The number of carbonyl (C=O) groups is 1. The van der Waals surface area contributed by atoms with Gasteiger partial charge in [0.1, 0.15) is 5.75 Å². The summed E-state index contributed by atoms with van der Waals surface area (Å²) in [6, 6.07) is 5.85. The molecule has 0 atom stereocenters. The average Bonchev–Trinajstić information content (AvgIpc) is 2.99. The lowest BCUT2D eigenvalue weighted by atomic mass is 9.91. The van der Waals surface area contributed by atoms with E-state index in [-0.39, 0.29) is 12.6 Å². The smallest absolute Gasteiger partial charge is 0.344 e. The summed E-state index contributed by atoms with van der Waals surface area (Å²) in [5.74, 6) is 0.853. The second-order valence-corrected chi connectivity index (χ2v) is 5.40. The topological polar surface area (TPSA) is 60.5 Å². The number of esters is 1. The minimum Gasteiger partial charge on any atom is -0.481 e. The van der Waals surface area contributed by atoms with Crippen molar-refractivity contribution in [2.75, 3.05) is 26.4 Å². The SMILES string of the molecule is CCOC(=O)COc1cccc2[nH]cc(C3CCOCC3)c12. The van der Waals surface area contributed by atoms with E-state index >= 15 is 0 Å². The summed E-state index contributed by atoms with van der Waals surface area (Å²) in [6.07, 6.45) is 4.08. The summed E-state index contributed by atoms with van der Waals surface area (Å²) in [4.78, 5) is 14.8. The molecule has 1 aromatic carbocycles. The van der Waals surface area contributed by atoms with Crippen molar-refractivity contribution in [1.29, 1.82) is 0 Å². The molecule has 2 aromatic rings. The van der Waals surface area contributed by atoms with Crippen LogP contribution in [0.4, 0.5) is 0 Å². The van der Waals surface area contributed by atoms with Crippen LogP contribution in [-0.4, -0.2) is 37.4 Å². The molecule has 5 nitrogen and oxygen atoms in total. The zero-order chi connectivity index (χ0) is 15.4. The fraction of sp³-hybridized carbons (Fsp3) is 0.471. The van der Waals surface area contributed by atoms with E-state index in [2.05, 4.69) is 11.2 Å². The number of H-pyrrole nitrogens is 1. The van der Waals surface area contributed by atoms with Gasteiger partial charge in [-0.1, -0.05) is 6.07 Å². The number of rotatable bonds is 5. The third-order valence-corrected chi connectivity index (χ3v) is 4.01. The maximum absolute atomic E-state index is 11.5. The van der Waals surface area contributed by atoms with Gasteiger partial charge < -0.3 is 19.2 Å². The molecular formula is C17H21NO4. The lowest BCUT2D eigenvalue weighted by Crippen LogP contribution is -2.15. The number of nitrogens with one attached hydrogen (secondary N) is 1. The summed E-state index contributed by atoms with van der Waals surface area (Å²) in [7, 11) is 0. The predicted molar refractivity (Wildman–Crippen MR) is 83.2 cm³/mol. The standard InChI is InChI=1S/C17H21NO4/c1-2-21-16(19)11-22-15-5-3-4-14-17(15)13(10-18-14)12-6-8-20-9-7-12/h3-5,10,12,18H,2,6-9,11H2,1H3. The molecule has 1 aromatic heterocycles. The Hall–Kier alpha value is -2.01. The normalized spacial score (nSPS) is 15.9. The summed E-state index contributed by atoms with van der Waals surface area (Å²) in [6.45, 7) is 3.68. The van der Waals surface area contributed by atoms with Crippen molar-refractivity contribution in [2.45, 2.75) is 25.7 Å². The van der Waals surface area contributed by atoms with E-state index in [9.17, 15) is 4.79 Å². The molecule has 2 heterocycles. The fourth-order valence-electron chi connectivity index (χ4n) is 2.97. The molecule has 1 N–H and O–H groups in total. The first-order valence-electron chi connectivity index (χ1n) is 7.75. The van der Waals surface area contributed by atoms with Crippen LogP contribution in [-0.2, 0) is 14.3 Å². The minimum atomic E-state index is -0.345. The number of aromatic amines is 1. The maximum atomic E-state index is 11.5. The van der Waals surface area contributed by atoms with E-state index in [1.165, 1.54) is 5.56 Å². The Labute approximate surface area is 129 Å². The second-order valence-electron chi connectivity index (χ2n) is 5.40. The zero-order valence-corrected chi connectivity index (χ0v) is 12.8. The summed E-state index contributed by atoms with van der Waals surface area (Å²) < 4.78 is 16.1. The van der Waals surface area contributed by atoms with Gasteiger partial charge in [0.05, 0.1) is 6.61 Å². The minimum absolute atomic E-state index is 0.0641. The van der Waals surface area contributed by atoms with Crippen molar-refractivity contribution in [1.82, 2.24) is 4.98 Å². The van der Waals surface area contributed by atoms with Crippen LogP contribution in [0.2, 0.25) is 0 Å². The number of aromatic nitrogens is 1. The van der Waals surface area contributed by atoms with Crippen molar-refractivity contribution >= 4 is 16.9 Å². The van der Waals surface area contributed by atoms with Gasteiger partial charge >= 0.3 is 5.97 Å². The van der Waals surface area contributed by atoms with Crippen LogP contribution in [0.1, 0.15) is 31.2 Å². The molecule has 22 heavy (non-hydrogen) atoms. The quantitative estimate of drug-likeness (QED) is 0.863. The highest BCUT2D eigenvalue weighted by molar-refractivity contribution is 5.90. The molecule has 1 aliphatic rings. The Kier molecular flexibility index (Phi) is 4.63. The molecule has 1 fully saturated rings. The van der Waals surface area contributed by atoms with Crippen LogP contribution in [0.3, 0.4) is 0 Å². The van der Waals surface area contributed by atoms with Crippen LogP contribution in [0.25, 0.3) is 10.9 Å². The Morgan fingerprint density at radius 1 is 1.36 bits per heavy atom. The van der Waals surface area contributed by atoms with Gasteiger partial charge in [0, 0.05) is 30.3 Å². The molecule has 118 valence electrons. The third kappa shape index (κ3) is 3.09. The van der Waals surface area contributed by atoms with Crippen LogP contribution in [0.5, 0.6) is 5.75 Å². The number of carbonyl (C=O) groups excluding carboxylic acids is 1. The molecule has 0 spiro atoms. The van der Waals surface area contributed by atoms with Crippen molar-refractivity contribution < 1.29 is 19.0 Å². The van der Waals surface area contributed by atoms with Crippen LogP contribution >= 0.6 is 0 Å². The third-order valence-electron chi connectivity index (χ3n) is 4.01. The average molecular weight is 303 g/mol. The van der Waals surface area contributed by atoms with Crippen molar-refractivity contribution in [3.63, 3.8) is 0 Å². The lowest BCUT2D eigenvalue weighted by molar-refractivity contribution is -0.145. The Morgan fingerprint density at radius 3 is 2.95 bits per heavy atom. The molecule has 0 saturated carbocycles. The van der Waals surface area contributed by atoms with Gasteiger partial charge in [-0.3, -0.25) is 0 Å². The Bertz CT molecular complexity index is 643. The van der Waals surface area contributed by atoms with Gasteiger partial charge in [-0.05, 0) is 43.4 Å². The van der Waals surface area contributed by atoms with E-state index in [1.54, 1.807) is 6.92 Å². The highest BCUT2D eigenvalue weighted by atomic mass is 16.6. The van der Waals surface area contributed by atoms with Crippen molar-refractivity contribution in [3.8, 4) is 5.75 Å². The Balaban J connectivity index is 1.86. The van der Waals surface area contributed by atoms with Crippen LogP contribution < -0.4 is 4.74 Å². The van der Waals surface area contributed by atoms with Gasteiger partial charge in [0.25, 0.3) is 0 Å². The van der Waals surface area contributed by atoms with Gasteiger partial charge in [0.2, 0.25) is 0 Å². The summed E-state index contributed by atoms with van der Waals surface area (Å²) in [5.41, 5.74) is 2.28. The first kappa shape index (κ1) is 14.9. The van der Waals surface area contributed by atoms with Crippen LogP contribution in [0, 0.1) is 0 Å². The number of hydrogen-bond acceptors (Lipinski definition) is 4. The molecule has 0 radical (unpaired) electrons. The fourth-order valence-corrected chi connectivity index (χ4v) is 2.97. The first-order valence-corrected chi connectivity index (χ1v) is 7.75. The number of fused-ring (bicyclic) bond motifs is 1. The van der Waals surface area contributed by atoms with E-state index in [4.69, 9.17) is 14.2 Å². The number of ether oxygens (including phenoxy) is 3. The number of hydrogen-bond donors (Lipinski definition) is 1. The molecule has 1 saturated heterocycles. The summed E-state index contributed by atoms with van der Waals surface area (Å²) >= 11 is 0. The van der Waals surface area contributed by atoms with Gasteiger partial charge in [-0.2, -0.15) is 0 Å². The predicted octanol–water partition coefficient (Wildman–Crippen LogP) is 3.00. The van der Waals surface area contributed by atoms with Crippen LogP contribution in [0.15, 0.2) is 24.4 Å². The molecule has 0 amide bonds. The van der Waals surface area contributed by atoms with Gasteiger partial charge in [-0.25, -0.2) is 4.79 Å². The molecule has 5 heteroatoms. The van der Waals surface area contributed by atoms with Crippen molar-refractivity contribution in [3.05, 3.63) is 30.0 Å². The van der Waals surface area contributed by atoms with E-state index in [1.807, 2.05) is 18.2 Å². The molecule has 0 bridgehead atoms. The molecular weight excluding hydrogens is 282 g/mol. The highest BCUT2D eigenvalue weighted by Gasteiger charge is 2.21. The largest absolute Gasteiger partial charge is 0.481 e. The Morgan fingerprint density at radius 2 is 2.18 bits per heavy atom. The first-order chi connectivity index (χ1) is 10.8. The molecule has 3 rings (SSSR count). The summed E-state index contributed by atoms with van der Waals surface area (Å²) in [5, 5.41) is 1.07. The maximum Gasteiger partial charge on any atom is 0.344 e. The monoisotopic (exact) mass is 303 g/mol. The molecule has 1 aliphatic heterocycles. The zero-order valence-electron chi connectivity index (χ0n) is 12.8. The van der Waals surface area contributed by atoms with Gasteiger partial charge in [0.15, 0.2) is 6.61 Å². The van der Waals surface area contributed by atoms with E-state index in [0.717, 1.165) is 42.7 Å². The van der Waals surface area contributed by atoms with Crippen molar-refractivity contribution in [2.24, 2.45) is 0 Å². The lowest BCUT2D eigenvalue weighted by Gasteiger charge is -2.22. The molecule has 0 unspecified atom stereocenters. The highest BCUT2D eigenvalue weighted by Crippen LogP contribution is 2.37. The second kappa shape index (κ2) is 6.83. The van der Waals surface area contributed by atoms with E-state index < -0.39 is 0 Å².